The molecular formula is C21H22N6O. The molecule has 3 aromatic heterocycles. The van der Waals surface area contributed by atoms with Gasteiger partial charge in [0, 0.05) is 50.7 Å². The number of nitrogens with zero attached hydrogens (tertiary/aromatic N) is 5. The predicted octanol–water partition coefficient (Wildman–Crippen LogP) is 2.07. The molecule has 1 N–H and O–H groups in total. The van der Waals surface area contributed by atoms with Crippen LogP contribution in [0.25, 0.3) is 11.0 Å². The summed E-state index contributed by atoms with van der Waals surface area (Å²) in [5, 5.41) is 8.89. The molecule has 0 aliphatic carbocycles. The van der Waals surface area contributed by atoms with Crippen molar-refractivity contribution < 1.29 is 0 Å². The number of fused-ring (bicyclic) bond motifs is 1. The standard InChI is InChI=1S/C21H22N6O/c1-2-17-10-18-19(25-21(17)28)9-16(13-23-18)14-26-5-7-27(8-6-26)20-4-3-15(11-22)12-24-20/h3-4,9-10,12-13H,2,5-8,14H2,1H3,(H,25,28). The maximum absolute atomic E-state index is 12.1. The Labute approximate surface area is 163 Å². The number of hydrogen-bond acceptors (Lipinski definition) is 6. The number of nitrogens with one attached hydrogen (secondary N) is 1. The van der Waals surface area contributed by atoms with E-state index >= 15 is 0 Å². The van der Waals surface area contributed by atoms with E-state index in [1.54, 1.807) is 12.3 Å². The fraction of sp³-hybridized carbons (Fsp3) is 0.333. The fourth-order valence-corrected chi connectivity index (χ4v) is 3.55. The smallest absolute Gasteiger partial charge is 0.251 e. The number of nitriles is 1. The van der Waals surface area contributed by atoms with E-state index in [4.69, 9.17) is 5.26 Å². The predicted molar refractivity (Wildman–Crippen MR) is 108 cm³/mol. The number of anilines is 1. The van der Waals surface area contributed by atoms with Crippen LogP contribution < -0.4 is 10.5 Å². The molecule has 1 fully saturated rings. The van der Waals surface area contributed by atoms with Gasteiger partial charge in [-0.1, -0.05) is 6.92 Å². The van der Waals surface area contributed by atoms with Crippen LogP contribution in [0.15, 0.2) is 41.5 Å². The molecule has 7 heteroatoms. The van der Waals surface area contributed by atoms with Crippen molar-refractivity contribution in [1.29, 1.82) is 5.26 Å². The average Bonchev–Trinajstić information content (AvgIpc) is 2.74. The topological polar surface area (TPSA) is 88.9 Å². The molecule has 1 aliphatic rings. The average molecular weight is 374 g/mol. The van der Waals surface area contributed by atoms with Crippen LogP contribution in [0.2, 0.25) is 0 Å². The van der Waals surface area contributed by atoms with Crippen LogP contribution in [0.3, 0.4) is 0 Å². The van der Waals surface area contributed by atoms with Gasteiger partial charge in [-0.3, -0.25) is 14.7 Å². The third-order valence-corrected chi connectivity index (χ3v) is 5.19. The van der Waals surface area contributed by atoms with Crippen molar-refractivity contribution in [2.45, 2.75) is 19.9 Å². The molecule has 28 heavy (non-hydrogen) atoms. The third kappa shape index (κ3) is 3.73. The summed E-state index contributed by atoms with van der Waals surface area (Å²) in [7, 11) is 0. The Kier molecular flexibility index (Phi) is 5.04. The monoisotopic (exact) mass is 374 g/mol. The maximum Gasteiger partial charge on any atom is 0.251 e. The van der Waals surface area contributed by atoms with Gasteiger partial charge in [0.1, 0.15) is 11.9 Å². The summed E-state index contributed by atoms with van der Waals surface area (Å²) in [6.07, 6.45) is 4.22. The number of aryl methyl sites for hydroxylation is 1. The van der Waals surface area contributed by atoms with Crippen LogP contribution in [-0.2, 0) is 13.0 Å². The Morgan fingerprint density at radius 2 is 1.96 bits per heavy atom. The van der Waals surface area contributed by atoms with E-state index in [-0.39, 0.29) is 5.56 Å². The molecule has 7 nitrogen and oxygen atoms in total. The first-order chi connectivity index (χ1) is 13.7. The zero-order valence-electron chi connectivity index (χ0n) is 15.9. The molecule has 0 aromatic carbocycles. The second-order valence-electron chi connectivity index (χ2n) is 7.03. The van der Waals surface area contributed by atoms with Gasteiger partial charge in [0.15, 0.2) is 0 Å². The Morgan fingerprint density at radius 3 is 2.64 bits per heavy atom. The van der Waals surface area contributed by atoms with Gasteiger partial charge in [-0.25, -0.2) is 4.98 Å². The number of rotatable bonds is 4. The van der Waals surface area contributed by atoms with E-state index in [0.29, 0.717) is 12.0 Å². The van der Waals surface area contributed by atoms with Crippen molar-refractivity contribution >= 4 is 16.9 Å². The Morgan fingerprint density at radius 1 is 1.14 bits per heavy atom. The second kappa shape index (κ2) is 7.79. The SMILES string of the molecule is CCc1cc2ncc(CN3CCN(c4ccc(C#N)cn4)CC3)cc2[nH]c1=O. The van der Waals surface area contributed by atoms with Crippen LogP contribution in [0.1, 0.15) is 23.6 Å². The third-order valence-electron chi connectivity index (χ3n) is 5.19. The summed E-state index contributed by atoms with van der Waals surface area (Å²) in [5.74, 6) is 0.912. The number of pyridine rings is 3. The van der Waals surface area contributed by atoms with Gasteiger partial charge in [0.2, 0.25) is 0 Å². The number of piperazine rings is 1. The molecule has 0 bridgehead atoms. The van der Waals surface area contributed by atoms with Crippen LogP contribution in [0.5, 0.6) is 0 Å². The molecule has 0 spiro atoms. The molecule has 1 saturated heterocycles. The van der Waals surface area contributed by atoms with Gasteiger partial charge in [0.25, 0.3) is 5.56 Å². The molecule has 3 aromatic rings. The highest BCUT2D eigenvalue weighted by molar-refractivity contribution is 5.74. The van der Waals surface area contributed by atoms with E-state index < -0.39 is 0 Å². The van der Waals surface area contributed by atoms with E-state index in [9.17, 15) is 4.79 Å². The van der Waals surface area contributed by atoms with Crippen LogP contribution in [0, 0.1) is 11.3 Å². The molecule has 0 radical (unpaired) electrons. The van der Waals surface area contributed by atoms with Crippen molar-refractivity contribution in [2.75, 3.05) is 31.1 Å². The normalized spacial score (nSPS) is 14.9. The lowest BCUT2D eigenvalue weighted by molar-refractivity contribution is 0.249. The van der Waals surface area contributed by atoms with Gasteiger partial charge >= 0.3 is 0 Å². The molecule has 4 heterocycles. The first-order valence-electron chi connectivity index (χ1n) is 9.50. The van der Waals surface area contributed by atoms with Gasteiger partial charge in [0.05, 0.1) is 16.6 Å². The van der Waals surface area contributed by atoms with Crippen LogP contribution in [0.4, 0.5) is 5.82 Å². The lowest BCUT2D eigenvalue weighted by Gasteiger charge is -2.35. The van der Waals surface area contributed by atoms with Crippen molar-refractivity contribution in [3.8, 4) is 6.07 Å². The van der Waals surface area contributed by atoms with Gasteiger partial charge in [-0.15, -0.1) is 0 Å². The van der Waals surface area contributed by atoms with Crippen molar-refractivity contribution in [3.63, 3.8) is 0 Å². The quantitative estimate of drug-likeness (QED) is 0.752. The lowest BCUT2D eigenvalue weighted by atomic mass is 10.1. The summed E-state index contributed by atoms with van der Waals surface area (Å²) in [4.78, 5) is 28.5. The molecule has 4 rings (SSSR count). The Balaban J connectivity index is 1.41. The van der Waals surface area contributed by atoms with Crippen LogP contribution >= 0.6 is 0 Å². The first kappa shape index (κ1) is 18.1. The summed E-state index contributed by atoms with van der Waals surface area (Å²) >= 11 is 0. The molecule has 142 valence electrons. The lowest BCUT2D eigenvalue weighted by Crippen LogP contribution is -2.46. The largest absolute Gasteiger partial charge is 0.354 e. The van der Waals surface area contributed by atoms with Crippen molar-refractivity contribution in [2.24, 2.45) is 0 Å². The Hall–Kier alpha value is -3.24. The maximum atomic E-state index is 12.1. The summed E-state index contributed by atoms with van der Waals surface area (Å²) in [6, 6.07) is 9.71. The minimum Gasteiger partial charge on any atom is -0.354 e. The number of H-pyrrole nitrogens is 1. The van der Waals surface area contributed by atoms with Gasteiger partial charge in [-0.2, -0.15) is 5.26 Å². The molecule has 0 unspecified atom stereocenters. The first-order valence-corrected chi connectivity index (χ1v) is 9.50. The molecule has 0 atom stereocenters. The van der Waals surface area contributed by atoms with Crippen molar-refractivity contribution in [3.05, 3.63) is 63.7 Å². The summed E-state index contributed by atoms with van der Waals surface area (Å²) in [5.41, 5.74) is 4.03. The van der Waals surface area contributed by atoms with Crippen molar-refractivity contribution in [1.82, 2.24) is 19.9 Å². The minimum absolute atomic E-state index is 0.0301. The highest BCUT2D eigenvalue weighted by atomic mass is 16.1. The van der Waals surface area contributed by atoms with E-state index in [2.05, 4.69) is 30.8 Å². The molecular weight excluding hydrogens is 352 g/mol. The Bertz CT molecular complexity index is 1070. The summed E-state index contributed by atoms with van der Waals surface area (Å²) in [6.45, 7) is 6.39. The number of aromatic nitrogens is 3. The number of aromatic amines is 1. The van der Waals surface area contributed by atoms with E-state index in [1.807, 2.05) is 31.3 Å². The second-order valence-corrected chi connectivity index (χ2v) is 7.03. The van der Waals surface area contributed by atoms with Crippen LogP contribution in [-0.4, -0.2) is 46.0 Å². The van der Waals surface area contributed by atoms with E-state index in [0.717, 1.165) is 60.7 Å². The fourth-order valence-electron chi connectivity index (χ4n) is 3.55. The zero-order chi connectivity index (χ0) is 19.5. The molecule has 0 saturated carbocycles. The highest BCUT2D eigenvalue weighted by Crippen LogP contribution is 2.17. The van der Waals surface area contributed by atoms with Gasteiger partial charge in [-0.05, 0) is 36.2 Å². The van der Waals surface area contributed by atoms with E-state index in [1.165, 1.54) is 0 Å². The van der Waals surface area contributed by atoms with Gasteiger partial charge < -0.3 is 9.88 Å². The molecule has 0 amide bonds. The molecule has 1 aliphatic heterocycles. The zero-order valence-corrected chi connectivity index (χ0v) is 15.9. The highest BCUT2D eigenvalue weighted by Gasteiger charge is 2.18. The summed E-state index contributed by atoms with van der Waals surface area (Å²) < 4.78 is 0. The minimum atomic E-state index is -0.0301. The number of hydrogen-bond donors (Lipinski definition) is 1.